The number of carbonyl (C=O) groups is 1. The zero-order chi connectivity index (χ0) is 12.6. The molecule has 0 aromatic rings. The van der Waals surface area contributed by atoms with E-state index in [9.17, 15) is 4.79 Å². The summed E-state index contributed by atoms with van der Waals surface area (Å²) in [7, 11) is 0. The molecule has 2 aliphatic rings. The van der Waals surface area contributed by atoms with Crippen LogP contribution in [-0.4, -0.2) is 43.1 Å². The Bertz CT molecular complexity index is 248. The number of nitrogens with one attached hydrogen (secondary N) is 1. The minimum absolute atomic E-state index is 0.131. The molecule has 1 atom stereocenters. The van der Waals surface area contributed by atoms with E-state index < -0.39 is 0 Å². The molecule has 0 aromatic carbocycles. The highest BCUT2D eigenvalue weighted by atomic mass is 32.2. The standard InChI is InChI=1S/C14H25NO2S/c16-14(13-11-18-10-7-15-13)4-2-1-3-12-5-8-17-9-6-12/h12-13,15H,1-11H2. The maximum atomic E-state index is 12.0. The van der Waals surface area contributed by atoms with Crippen molar-refractivity contribution < 1.29 is 9.53 Å². The van der Waals surface area contributed by atoms with Gasteiger partial charge in [-0.2, -0.15) is 11.8 Å². The van der Waals surface area contributed by atoms with E-state index in [0.717, 1.165) is 50.0 Å². The van der Waals surface area contributed by atoms with Crippen LogP contribution in [0.4, 0.5) is 0 Å². The lowest BCUT2D eigenvalue weighted by atomic mass is 9.93. The number of ether oxygens (including phenoxy) is 1. The van der Waals surface area contributed by atoms with E-state index in [2.05, 4.69) is 5.32 Å². The summed E-state index contributed by atoms with van der Waals surface area (Å²) in [6, 6.07) is 0.131. The maximum Gasteiger partial charge on any atom is 0.150 e. The molecule has 4 heteroatoms. The minimum atomic E-state index is 0.131. The van der Waals surface area contributed by atoms with Crippen LogP contribution in [0.5, 0.6) is 0 Å². The van der Waals surface area contributed by atoms with Gasteiger partial charge in [-0.15, -0.1) is 0 Å². The number of carbonyl (C=O) groups excluding carboxylic acids is 1. The first kappa shape index (κ1) is 14.4. The van der Waals surface area contributed by atoms with Crippen LogP contribution < -0.4 is 5.32 Å². The fourth-order valence-corrected chi connectivity index (χ4v) is 3.68. The van der Waals surface area contributed by atoms with Gasteiger partial charge in [0.25, 0.3) is 0 Å². The number of Topliss-reactive ketones (excluding diaryl/α,β-unsaturated/α-hetero) is 1. The lowest BCUT2D eigenvalue weighted by Gasteiger charge is -2.23. The molecule has 0 bridgehead atoms. The van der Waals surface area contributed by atoms with Crippen molar-refractivity contribution in [3.63, 3.8) is 0 Å². The second-order valence-corrected chi connectivity index (χ2v) is 6.50. The molecule has 2 rings (SSSR count). The van der Waals surface area contributed by atoms with Crippen LogP contribution in [0.15, 0.2) is 0 Å². The van der Waals surface area contributed by atoms with Crippen molar-refractivity contribution in [2.75, 3.05) is 31.3 Å². The van der Waals surface area contributed by atoms with Gasteiger partial charge in [0.15, 0.2) is 5.78 Å². The van der Waals surface area contributed by atoms with E-state index in [1.807, 2.05) is 11.8 Å². The number of hydrogen-bond donors (Lipinski definition) is 1. The molecule has 1 N–H and O–H groups in total. The highest BCUT2D eigenvalue weighted by molar-refractivity contribution is 7.99. The average Bonchev–Trinajstić information content (AvgIpc) is 2.45. The van der Waals surface area contributed by atoms with E-state index >= 15 is 0 Å². The van der Waals surface area contributed by atoms with Crippen LogP contribution in [-0.2, 0) is 9.53 Å². The molecule has 0 radical (unpaired) electrons. The lowest BCUT2D eigenvalue weighted by molar-refractivity contribution is -0.120. The Hall–Kier alpha value is -0.0600. The Kier molecular flexibility index (Phi) is 6.52. The van der Waals surface area contributed by atoms with E-state index in [1.54, 1.807) is 0 Å². The van der Waals surface area contributed by atoms with Crippen LogP contribution in [0.1, 0.15) is 38.5 Å². The molecule has 1 unspecified atom stereocenters. The van der Waals surface area contributed by atoms with Gasteiger partial charge in [-0.05, 0) is 25.2 Å². The SMILES string of the molecule is O=C(CCCCC1CCOCC1)C1CSCCN1. The van der Waals surface area contributed by atoms with Gasteiger partial charge in [-0.25, -0.2) is 0 Å². The molecule has 0 saturated carbocycles. The maximum absolute atomic E-state index is 12.0. The predicted octanol–water partition coefficient (Wildman–Crippen LogP) is 2.25. The fourth-order valence-electron chi connectivity index (χ4n) is 2.71. The molecule has 0 aromatic heterocycles. The van der Waals surface area contributed by atoms with E-state index in [-0.39, 0.29) is 6.04 Å². The third-order valence-corrected chi connectivity index (χ3v) is 5.00. The molecular formula is C14H25NO2S. The van der Waals surface area contributed by atoms with Gasteiger partial charge in [0.1, 0.15) is 0 Å². The van der Waals surface area contributed by atoms with Crippen LogP contribution in [0, 0.1) is 5.92 Å². The average molecular weight is 271 g/mol. The zero-order valence-corrected chi connectivity index (χ0v) is 12.0. The summed E-state index contributed by atoms with van der Waals surface area (Å²) in [6.07, 6.45) is 6.75. The smallest absolute Gasteiger partial charge is 0.150 e. The third kappa shape index (κ3) is 4.90. The number of thioether (sulfide) groups is 1. The molecule has 2 saturated heterocycles. The Morgan fingerprint density at radius 3 is 2.83 bits per heavy atom. The first-order chi connectivity index (χ1) is 8.86. The molecular weight excluding hydrogens is 246 g/mol. The third-order valence-electron chi connectivity index (χ3n) is 3.94. The normalized spacial score (nSPS) is 26.1. The summed E-state index contributed by atoms with van der Waals surface area (Å²) < 4.78 is 5.36. The van der Waals surface area contributed by atoms with Gasteiger partial charge in [-0.3, -0.25) is 4.79 Å². The summed E-state index contributed by atoms with van der Waals surface area (Å²) in [5.41, 5.74) is 0. The molecule has 18 heavy (non-hydrogen) atoms. The van der Waals surface area contributed by atoms with Gasteiger partial charge in [0.05, 0.1) is 6.04 Å². The van der Waals surface area contributed by atoms with Crippen LogP contribution in [0.25, 0.3) is 0 Å². The second-order valence-electron chi connectivity index (χ2n) is 5.35. The number of hydrogen-bond acceptors (Lipinski definition) is 4. The van der Waals surface area contributed by atoms with Gasteiger partial charge >= 0.3 is 0 Å². The van der Waals surface area contributed by atoms with Crippen LogP contribution >= 0.6 is 11.8 Å². The van der Waals surface area contributed by atoms with Crippen molar-refractivity contribution in [2.24, 2.45) is 5.92 Å². The first-order valence-corrected chi connectivity index (χ1v) is 8.43. The van der Waals surface area contributed by atoms with Crippen LogP contribution in [0.2, 0.25) is 0 Å². The quantitative estimate of drug-likeness (QED) is 0.752. The summed E-state index contributed by atoms with van der Waals surface area (Å²) >= 11 is 1.90. The zero-order valence-electron chi connectivity index (χ0n) is 11.2. The number of ketones is 1. The minimum Gasteiger partial charge on any atom is -0.381 e. The fraction of sp³-hybridized carbons (Fsp3) is 0.929. The molecule has 0 aliphatic carbocycles. The van der Waals surface area contributed by atoms with Crippen LogP contribution in [0.3, 0.4) is 0 Å². The highest BCUT2D eigenvalue weighted by Gasteiger charge is 2.20. The molecule has 2 aliphatic heterocycles. The Morgan fingerprint density at radius 1 is 1.28 bits per heavy atom. The van der Waals surface area contributed by atoms with Crippen molar-refractivity contribution in [1.82, 2.24) is 5.32 Å². The summed E-state index contributed by atoms with van der Waals surface area (Å²) in [5.74, 6) is 3.39. The van der Waals surface area contributed by atoms with Gasteiger partial charge in [-0.1, -0.05) is 12.8 Å². The Labute approximate surface area is 114 Å². The van der Waals surface area contributed by atoms with E-state index in [4.69, 9.17) is 4.74 Å². The van der Waals surface area contributed by atoms with E-state index in [0.29, 0.717) is 5.78 Å². The largest absolute Gasteiger partial charge is 0.381 e. The summed E-state index contributed by atoms with van der Waals surface area (Å²) in [4.78, 5) is 12.0. The van der Waals surface area contributed by atoms with Crippen molar-refractivity contribution in [1.29, 1.82) is 0 Å². The van der Waals surface area contributed by atoms with Crippen molar-refractivity contribution in [3.05, 3.63) is 0 Å². The van der Waals surface area contributed by atoms with Crippen molar-refractivity contribution in [3.8, 4) is 0 Å². The molecule has 2 fully saturated rings. The molecule has 3 nitrogen and oxygen atoms in total. The van der Waals surface area contributed by atoms with Gasteiger partial charge < -0.3 is 10.1 Å². The second kappa shape index (κ2) is 8.18. The van der Waals surface area contributed by atoms with Gasteiger partial charge in [0.2, 0.25) is 0 Å². The molecule has 0 spiro atoms. The van der Waals surface area contributed by atoms with Gasteiger partial charge in [0, 0.05) is 37.7 Å². The Morgan fingerprint density at radius 2 is 2.11 bits per heavy atom. The Balaban J connectivity index is 1.52. The van der Waals surface area contributed by atoms with Crippen molar-refractivity contribution >= 4 is 17.5 Å². The molecule has 104 valence electrons. The lowest BCUT2D eigenvalue weighted by Crippen LogP contribution is -2.43. The van der Waals surface area contributed by atoms with E-state index in [1.165, 1.54) is 25.7 Å². The highest BCUT2D eigenvalue weighted by Crippen LogP contribution is 2.21. The summed E-state index contributed by atoms with van der Waals surface area (Å²) in [6.45, 7) is 2.86. The topological polar surface area (TPSA) is 38.3 Å². The molecule has 0 amide bonds. The number of unbranched alkanes of at least 4 members (excludes halogenated alkanes) is 1. The number of rotatable bonds is 6. The predicted molar refractivity (Wildman–Crippen MR) is 76.1 cm³/mol. The first-order valence-electron chi connectivity index (χ1n) is 7.28. The monoisotopic (exact) mass is 271 g/mol. The molecule has 2 heterocycles. The summed E-state index contributed by atoms with van der Waals surface area (Å²) in [5, 5.41) is 3.32. The van der Waals surface area contributed by atoms with Crippen molar-refractivity contribution in [2.45, 2.75) is 44.6 Å².